The Morgan fingerprint density at radius 1 is 1.26 bits per heavy atom. The van der Waals surface area contributed by atoms with Gasteiger partial charge in [0.15, 0.2) is 0 Å². The van der Waals surface area contributed by atoms with Gasteiger partial charge in [0, 0.05) is 47.4 Å². The summed E-state index contributed by atoms with van der Waals surface area (Å²) < 4.78 is 5.17. The monoisotopic (exact) mass is 340 g/mol. The van der Waals surface area contributed by atoms with Crippen LogP contribution in [0.2, 0.25) is 0 Å². The molecular formula is C18H23NNaO2S. The second-order valence-electron chi connectivity index (χ2n) is 5.61. The van der Waals surface area contributed by atoms with Crippen molar-refractivity contribution in [1.82, 2.24) is 0 Å². The van der Waals surface area contributed by atoms with E-state index in [0.717, 1.165) is 18.0 Å². The first-order valence-corrected chi connectivity index (χ1v) is 8.49. The smallest absolute Gasteiger partial charge is 0.341 e. The molecule has 0 atom stereocenters. The molecule has 0 bridgehead atoms. The van der Waals surface area contributed by atoms with Gasteiger partial charge in [-0.3, -0.25) is 0 Å². The molecule has 0 aliphatic rings. The average Bonchev–Trinajstić information content (AvgIpc) is 2.89. The normalized spacial score (nSPS) is 10.3. The molecular weight excluding hydrogens is 317 g/mol. The van der Waals surface area contributed by atoms with E-state index in [1.807, 2.05) is 31.2 Å². The molecule has 2 rings (SSSR count). The number of hydrogen-bond acceptors (Lipinski definition) is 4. The Hall–Kier alpha value is -0.810. The number of anilines is 1. The third kappa shape index (κ3) is 6.30. The Morgan fingerprint density at radius 3 is 2.57 bits per heavy atom. The SMILES string of the molecule is CCOC(=O)c1cc(Cc2ccccc2)sc1NCC(C)C.[Na]. The van der Waals surface area contributed by atoms with E-state index < -0.39 is 0 Å². The predicted octanol–water partition coefficient (Wildman–Crippen LogP) is 4.20. The summed E-state index contributed by atoms with van der Waals surface area (Å²) in [7, 11) is 0. The van der Waals surface area contributed by atoms with Crippen molar-refractivity contribution in [2.45, 2.75) is 27.2 Å². The van der Waals surface area contributed by atoms with Gasteiger partial charge in [-0.05, 0) is 24.5 Å². The van der Waals surface area contributed by atoms with Crippen molar-refractivity contribution in [2.24, 2.45) is 5.92 Å². The van der Waals surface area contributed by atoms with Crippen LogP contribution in [-0.4, -0.2) is 48.7 Å². The minimum atomic E-state index is -0.246. The molecule has 0 saturated carbocycles. The van der Waals surface area contributed by atoms with Gasteiger partial charge in [0.25, 0.3) is 0 Å². The first kappa shape index (κ1) is 20.2. The van der Waals surface area contributed by atoms with Crippen LogP contribution >= 0.6 is 11.3 Å². The van der Waals surface area contributed by atoms with Crippen molar-refractivity contribution in [2.75, 3.05) is 18.5 Å². The van der Waals surface area contributed by atoms with E-state index in [4.69, 9.17) is 4.74 Å². The Labute approximate surface area is 164 Å². The van der Waals surface area contributed by atoms with Crippen LogP contribution < -0.4 is 5.32 Å². The molecule has 0 spiro atoms. The van der Waals surface area contributed by atoms with Crippen LogP contribution in [0.1, 0.15) is 41.6 Å². The fourth-order valence-electron chi connectivity index (χ4n) is 2.11. The second kappa shape index (κ2) is 10.1. The number of rotatable bonds is 7. The first-order chi connectivity index (χ1) is 10.6. The van der Waals surface area contributed by atoms with Gasteiger partial charge >= 0.3 is 5.97 Å². The molecule has 0 fully saturated rings. The molecule has 0 aliphatic carbocycles. The zero-order valence-corrected chi connectivity index (χ0v) is 17.2. The van der Waals surface area contributed by atoms with E-state index in [1.165, 1.54) is 10.4 Å². The number of nitrogens with one attached hydrogen (secondary N) is 1. The van der Waals surface area contributed by atoms with E-state index in [9.17, 15) is 4.79 Å². The molecule has 1 aromatic carbocycles. The summed E-state index contributed by atoms with van der Waals surface area (Å²) in [6.07, 6.45) is 0.835. The molecule has 1 radical (unpaired) electrons. The molecule has 119 valence electrons. The number of benzene rings is 1. The Bertz CT molecular complexity index is 611. The molecule has 1 aromatic heterocycles. The van der Waals surface area contributed by atoms with Crippen LogP contribution in [0.25, 0.3) is 0 Å². The van der Waals surface area contributed by atoms with Gasteiger partial charge in [-0.1, -0.05) is 44.2 Å². The van der Waals surface area contributed by atoms with Crippen LogP contribution in [0.5, 0.6) is 0 Å². The van der Waals surface area contributed by atoms with Crippen LogP contribution in [0.3, 0.4) is 0 Å². The molecule has 1 heterocycles. The zero-order valence-electron chi connectivity index (χ0n) is 14.4. The number of thiophene rings is 1. The third-order valence-electron chi connectivity index (χ3n) is 3.17. The topological polar surface area (TPSA) is 38.3 Å². The Balaban J connectivity index is 0.00000264. The summed E-state index contributed by atoms with van der Waals surface area (Å²) in [5, 5.41) is 4.29. The van der Waals surface area contributed by atoms with Crippen molar-refractivity contribution in [1.29, 1.82) is 0 Å². The van der Waals surface area contributed by atoms with Crippen LogP contribution in [0, 0.1) is 5.92 Å². The molecule has 5 heteroatoms. The maximum Gasteiger partial charge on any atom is 0.341 e. The minimum absolute atomic E-state index is 0. The van der Waals surface area contributed by atoms with E-state index in [-0.39, 0.29) is 35.5 Å². The summed E-state index contributed by atoms with van der Waals surface area (Å²) in [5.41, 5.74) is 1.90. The van der Waals surface area contributed by atoms with Gasteiger partial charge in [-0.2, -0.15) is 0 Å². The number of carbonyl (C=O) groups excluding carboxylic acids is 1. The molecule has 2 aromatic rings. The van der Waals surface area contributed by atoms with Crippen molar-refractivity contribution < 1.29 is 9.53 Å². The molecule has 23 heavy (non-hydrogen) atoms. The van der Waals surface area contributed by atoms with E-state index in [2.05, 4.69) is 31.3 Å². The zero-order chi connectivity index (χ0) is 15.9. The molecule has 1 N–H and O–H groups in total. The van der Waals surface area contributed by atoms with Crippen molar-refractivity contribution >= 4 is 51.9 Å². The largest absolute Gasteiger partial charge is 0.462 e. The fraction of sp³-hybridized carbons (Fsp3) is 0.389. The van der Waals surface area contributed by atoms with E-state index >= 15 is 0 Å². The Kier molecular flexibility index (Phi) is 8.92. The van der Waals surface area contributed by atoms with Crippen molar-refractivity contribution in [3.05, 3.63) is 52.4 Å². The minimum Gasteiger partial charge on any atom is -0.462 e. The van der Waals surface area contributed by atoms with Gasteiger partial charge in [-0.15, -0.1) is 11.3 Å². The second-order valence-corrected chi connectivity index (χ2v) is 6.75. The van der Waals surface area contributed by atoms with Gasteiger partial charge in [0.05, 0.1) is 12.2 Å². The quantitative estimate of drug-likeness (QED) is 0.606. The standard InChI is InChI=1S/C18H23NO2S.Na/c1-4-21-18(20)16-11-15(10-14-8-6-5-7-9-14)22-17(16)19-12-13(2)3;/h5-9,11,13,19H,4,10,12H2,1-3H3;. The van der Waals surface area contributed by atoms with E-state index in [0.29, 0.717) is 18.1 Å². The number of hydrogen-bond donors (Lipinski definition) is 1. The molecule has 3 nitrogen and oxygen atoms in total. The van der Waals surface area contributed by atoms with Crippen molar-refractivity contribution in [3.63, 3.8) is 0 Å². The molecule has 0 amide bonds. The third-order valence-corrected chi connectivity index (χ3v) is 4.26. The number of esters is 1. The Morgan fingerprint density at radius 2 is 1.96 bits per heavy atom. The molecule has 0 unspecified atom stereocenters. The van der Waals surface area contributed by atoms with Crippen LogP contribution in [0.15, 0.2) is 36.4 Å². The predicted molar refractivity (Wildman–Crippen MR) is 98.6 cm³/mol. The van der Waals surface area contributed by atoms with Crippen LogP contribution in [0.4, 0.5) is 5.00 Å². The maximum atomic E-state index is 12.1. The van der Waals surface area contributed by atoms with Gasteiger partial charge < -0.3 is 10.1 Å². The summed E-state index contributed by atoms with van der Waals surface area (Å²) >= 11 is 1.64. The van der Waals surface area contributed by atoms with E-state index in [1.54, 1.807) is 11.3 Å². The van der Waals surface area contributed by atoms with Crippen molar-refractivity contribution in [3.8, 4) is 0 Å². The molecule has 0 saturated heterocycles. The number of carbonyl (C=O) groups is 1. The van der Waals surface area contributed by atoms with Gasteiger partial charge in [-0.25, -0.2) is 4.79 Å². The maximum absolute atomic E-state index is 12.1. The summed E-state index contributed by atoms with van der Waals surface area (Å²) in [6.45, 7) is 7.37. The fourth-order valence-corrected chi connectivity index (χ4v) is 3.20. The first-order valence-electron chi connectivity index (χ1n) is 7.67. The van der Waals surface area contributed by atoms with Crippen LogP contribution in [-0.2, 0) is 11.2 Å². The average molecular weight is 340 g/mol. The van der Waals surface area contributed by atoms with Gasteiger partial charge in [0.2, 0.25) is 0 Å². The summed E-state index contributed by atoms with van der Waals surface area (Å²) in [6, 6.07) is 12.2. The number of ether oxygens (including phenoxy) is 1. The molecule has 0 aliphatic heterocycles. The summed E-state index contributed by atoms with van der Waals surface area (Å²) in [4.78, 5) is 13.3. The summed E-state index contributed by atoms with van der Waals surface area (Å²) in [5.74, 6) is 0.277. The van der Waals surface area contributed by atoms with Gasteiger partial charge in [0.1, 0.15) is 5.00 Å².